The number of carbonyl (C=O) groups excluding carboxylic acids is 3. The summed E-state index contributed by atoms with van der Waals surface area (Å²) in [6.45, 7) is 2.63. The predicted molar refractivity (Wildman–Crippen MR) is 99.2 cm³/mol. The Bertz CT molecular complexity index is 863. The van der Waals surface area contributed by atoms with Crippen LogP contribution in [-0.2, 0) is 14.3 Å². The van der Waals surface area contributed by atoms with Gasteiger partial charge >= 0.3 is 5.97 Å². The molecule has 0 aliphatic heterocycles. The maximum absolute atomic E-state index is 13.5. The quantitative estimate of drug-likeness (QED) is 0.740. The molecule has 2 amide bonds. The minimum atomic E-state index is -0.832. The summed E-state index contributed by atoms with van der Waals surface area (Å²) in [7, 11) is 0. The van der Waals surface area contributed by atoms with Crippen molar-refractivity contribution in [1.29, 1.82) is 0 Å². The highest BCUT2D eigenvalue weighted by Gasteiger charge is 2.14. The topological polar surface area (TPSA) is 84.5 Å². The number of rotatable bonds is 6. The van der Waals surface area contributed by atoms with Gasteiger partial charge in [0.15, 0.2) is 6.61 Å². The molecule has 0 saturated heterocycles. The van der Waals surface area contributed by atoms with Gasteiger partial charge in [0.05, 0.1) is 16.3 Å². The van der Waals surface area contributed by atoms with Gasteiger partial charge in [-0.3, -0.25) is 14.4 Å². The third kappa shape index (κ3) is 5.79. The Morgan fingerprint density at radius 2 is 1.85 bits per heavy atom. The minimum Gasteiger partial charge on any atom is -0.454 e. The van der Waals surface area contributed by atoms with Crippen LogP contribution in [0.15, 0.2) is 36.4 Å². The summed E-state index contributed by atoms with van der Waals surface area (Å²) in [5.41, 5.74) is 1.98. The monoisotopic (exact) mass is 392 g/mol. The van der Waals surface area contributed by atoms with Crippen molar-refractivity contribution in [2.45, 2.75) is 13.8 Å². The molecule has 0 radical (unpaired) electrons. The summed E-state index contributed by atoms with van der Waals surface area (Å²) >= 11 is 6.10. The zero-order valence-corrected chi connectivity index (χ0v) is 15.5. The van der Waals surface area contributed by atoms with Crippen LogP contribution in [0.2, 0.25) is 5.02 Å². The summed E-state index contributed by atoms with van der Waals surface area (Å²) in [5, 5.41) is 5.18. The molecule has 0 spiro atoms. The lowest BCUT2D eigenvalue weighted by Gasteiger charge is -2.12. The van der Waals surface area contributed by atoms with Crippen LogP contribution in [0.25, 0.3) is 0 Å². The highest BCUT2D eigenvalue weighted by atomic mass is 35.5. The van der Waals surface area contributed by atoms with E-state index in [0.29, 0.717) is 10.7 Å². The first-order chi connectivity index (χ1) is 12.8. The molecular formula is C19H18ClFN2O4. The first-order valence-electron chi connectivity index (χ1n) is 8.03. The summed E-state index contributed by atoms with van der Waals surface area (Å²) in [4.78, 5) is 35.4. The number of ether oxygens (including phenoxy) is 1. The van der Waals surface area contributed by atoms with E-state index >= 15 is 0 Å². The molecule has 0 atom stereocenters. The molecule has 142 valence electrons. The lowest BCUT2D eigenvalue weighted by molar-refractivity contribution is -0.146. The number of esters is 1. The average molecular weight is 393 g/mol. The molecule has 2 aromatic rings. The SMILES string of the molecule is Cc1cc(C)c(NC(=O)COC(=O)CNC(=O)c2ccccc2F)c(Cl)c1. The number of hydrogen-bond acceptors (Lipinski definition) is 4. The molecule has 8 heteroatoms. The van der Waals surface area contributed by atoms with Crippen LogP contribution in [0, 0.1) is 19.7 Å². The molecule has 0 unspecified atom stereocenters. The van der Waals surface area contributed by atoms with Crippen molar-refractivity contribution in [2.24, 2.45) is 0 Å². The molecule has 0 saturated carbocycles. The fraction of sp³-hybridized carbons (Fsp3) is 0.211. The van der Waals surface area contributed by atoms with E-state index in [4.69, 9.17) is 16.3 Å². The minimum absolute atomic E-state index is 0.187. The summed E-state index contributed by atoms with van der Waals surface area (Å²) < 4.78 is 18.3. The maximum Gasteiger partial charge on any atom is 0.325 e. The Hall–Kier alpha value is -2.93. The van der Waals surface area contributed by atoms with Gasteiger partial charge in [-0.2, -0.15) is 0 Å². The average Bonchev–Trinajstić information content (AvgIpc) is 2.61. The lowest BCUT2D eigenvalue weighted by atomic mass is 10.1. The molecule has 2 N–H and O–H groups in total. The normalized spacial score (nSPS) is 10.2. The van der Waals surface area contributed by atoms with Crippen molar-refractivity contribution in [3.63, 3.8) is 0 Å². The van der Waals surface area contributed by atoms with E-state index in [1.54, 1.807) is 13.0 Å². The van der Waals surface area contributed by atoms with Gasteiger partial charge < -0.3 is 15.4 Å². The van der Waals surface area contributed by atoms with Crippen molar-refractivity contribution in [3.05, 3.63) is 63.9 Å². The van der Waals surface area contributed by atoms with Gasteiger partial charge in [0.25, 0.3) is 11.8 Å². The molecule has 0 fully saturated rings. The highest BCUT2D eigenvalue weighted by Crippen LogP contribution is 2.27. The number of halogens is 2. The number of aryl methyl sites for hydroxylation is 2. The van der Waals surface area contributed by atoms with Crippen LogP contribution in [0.5, 0.6) is 0 Å². The maximum atomic E-state index is 13.5. The van der Waals surface area contributed by atoms with Crippen LogP contribution < -0.4 is 10.6 Å². The van der Waals surface area contributed by atoms with Gasteiger partial charge in [0.2, 0.25) is 0 Å². The van der Waals surface area contributed by atoms with Gasteiger partial charge in [-0.05, 0) is 43.2 Å². The van der Waals surface area contributed by atoms with Crippen molar-refractivity contribution in [2.75, 3.05) is 18.5 Å². The van der Waals surface area contributed by atoms with Gasteiger partial charge in [-0.1, -0.05) is 29.8 Å². The third-order valence-electron chi connectivity index (χ3n) is 3.57. The Morgan fingerprint density at radius 1 is 1.15 bits per heavy atom. The van der Waals surface area contributed by atoms with Crippen molar-refractivity contribution in [1.82, 2.24) is 5.32 Å². The van der Waals surface area contributed by atoms with Crippen LogP contribution in [0.4, 0.5) is 10.1 Å². The zero-order valence-electron chi connectivity index (χ0n) is 14.8. The lowest BCUT2D eigenvalue weighted by Crippen LogP contribution is -2.32. The van der Waals surface area contributed by atoms with E-state index in [1.165, 1.54) is 18.2 Å². The molecule has 2 aromatic carbocycles. The van der Waals surface area contributed by atoms with Gasteiger partial charge in [-0.25, -0.2) is 4.39 Å². The second-order valence-electron chi connectivity index (χ2n) is 5.81. The van der Waals surface area contributed by atoms with E-state index in [2.05, 4.69) is 10.6 Å². The third-order valence-corrected chi connectivity index (χ3v) is 3.87. The highest BCUT2D eigenvalue weighted by molar-refractivity contribution is 6.34. The molecule has 0 heterocycles. The van der Waals surface area contributed by atoms with E-state index in [0.717, 1.165) is 17.2 Å². The molecule has 27 heavy (non-hydrogen) atoms. The largest absolute Gasteiger partial charge is 0.454 e. The number of amides is 2. The molecular weight excluding hydrogens is 375 g/mol. The summed E-state index contributed by atoms with van der Waals surface area (Å²) in [5.74, 6) is -2.86. The van der Waals surface area contributed by atoms with Crippen molar-refractivity contribution in [3.8, 4) is 0 Å². The predicted octanol–water partition coefficient (Wildman–Crippen LogP) is 3.01. The van der Waals surface area contributed by atoms with Crippen LogP contribution >= 0.6 is 11.6 Å². The van der Waals surface area contributed by atoms with Crippen LogP contribution in [0.1, 0.15) is 21.5 Å². The van der Waals surface area contributed by atoms with Crippen molar-refractivity contribution < 1.29 is 23.5 Å². The number of carbonyl (C=O) groups is 3. The Labute approximate surface area is 160 Å². The first-order valence-corrected chi connectivity index (χ1v) is 8.40. The first kappa shape index (κ1) is 20.4. The summed E-state index contributed by atoms with van der Waals surface area (Å²) in [6, 6.07) is 8.92. The number of hydrogen-bond donors (Lipinski definition) is 2. The Balaban J connectivity index is 1.81. The van der Waals surface area contributed by atoms with E-state index < -0.39 is 36.8 Å². The molecule has 0 bridgehead atoms. The smallest absolute Gasteiger partial charge is 0.325 e. The van der Waals surface area contributed by atoms with Crippen molar-refractivity contribution >= 4 is 35.1 Å². The van der Waals surface area contributed by atoms with Crippen LogP contribution in [-0.4, -0.2) is 30.9 Å². The number of benzene rings is 2. The molecule has 6 nitrogen and oxygen atoms in total. The molecule has 0 aliphatic rings. The van der Waals surface area contributed by atoms with Crippen LogP contribution in [0.3, 0.4) is 0 Å². The molecule has 0 aromatic heterocycles. The van der Waals surface area contributed by atoms with Gasteiger partial charge in [0.1, 0.15) is 12.4 Å². The van der Waals surface area contributed by atoms with E-state index in [1.807, 2.05) is 13.0 Å². The Kier molecular flexibility index (Phi) is 6.90. The van der Waals surface area contributed by atoms with E-state index in [9.17, 15) is 18.8 Å². The van der Waals surface area contributed by atoms with Gasteiger partial charge in [-0.15, -0.1) is 0 Å². The number of nitrogens with one attached hydrogen (secondary N) is 2. The van der Waals surface area contributed by atoms with E-state index in [-0.39, 0.29) is 5.56 Å². The number of anilines is 1. The molecule has 2 rings (SSSR count). The second kappa shape index (κ2) is 9.14. The fourth-order valence-electron chi connectivity index (χ4n) is 2.34. The second-order valence-corrected chi connectivity index (χ2v) is 6.22. The summed E-state index contributed by atoms with van der Waals surface area (Å²) in [6.07, 6.45) is 0. The Morgan fingerprint density at radius 3 is 2.52 bits per heavy atom. The standard InChI is InChI=1S/C19H18ClFN2O4/c1-11-7-12(2)18(14(20)8-11)23-16(24)10-27-17(25)9-22-19(26)13-5-3-4-6-15(13)21/h3-8H,9-10H2,1-2H3,(H,22,26)(H,23,24). The zero-order chi connectivity index (χ0) is 20.0. The molecule has 0 aliphatic carbocycles. The van der Waals surface area contributed by atoms with Gasteiger partial charge in [0, 0.05) is 0 Å². The fourth-order valence-corrected chi connectivity index (χ4v) is 2.71.